The number of amides is 1. The Morgan fingerprint density at radius 3 is 2.56 bits per heavy atom. The number of nitrogens with two attached hydrogens (primary N) is 1. The van der Waals surface area contributed by atoms with E-state index in [2.05, 4.69) is 5.10 Å². The fourth-order valence-electron chi connectivity index (χ4n) is 4.49. The van der Waals surface area contributed by atoms with Crippen LogP contribution in [0.15, 0.2) is 54.6 Å². The van der Waals surface area contributed by atoms with Gasteiger partial charge in [0.05, 0.1) is 11.4 Å². The summed E-state index contributed by atoms with van der Waals surface area (Å²) < 4.78 is 32.6. The zero-order valence-corrected chi connectivity index (χ0v) is 18.6. The molecule has 0 atom stereocenters. The molecule has 3 aromatic carbocycles. The highest BCUT2D eigenvalue weighted by Gasteiger charge is 2.23. The Kier molecular flexibility index (Phi) is 5.36. The fraction of sp³-hybridized carbons (Fsp3) is 0.192. The van der Waals surface area contributed by atoms with Gasteiger partial charge in [-0.05, 0) is 50.1 Å². The molecule has 0 radical (unpaired) electrons. The number of hydrogen-bond acceptors (Lipinski definition) is 3. The quantitative estimate of drug-likeness (QED) is 0.330. The Labute approximate surface area is 195 Å². The van der Waals surface area contributed by atoms with E-state index < -0.39 is 11.6 Å². The molecule has 1 saturated heterocycles. The van der Waals surface area contributed by atoms with Gasteiger partial charge in [0.25, 0.3) is 0 Å². The maximum atomic E-state index is 15.9. The molecule has 1 aliphatic heterocycles. The van der Waals surface area contributed by atoms with Gasteiger partial charge < -0.3 is 10.6 Å². The number of aromatic nitrogens is 2. The Morgan fingerprint density at radius 1 is 1.03 bits per heavy atom. The molecule has 1 fully saturated rings. The molecule has 2 heterocycles. The summed E-state index contributed by atoms with van der Waals surface area (Å²) >= 11 is 0. The highest BCUT2D eigenvalue weighted by atomic mass is 19.1. The van der Waals surface area contributed by atoms with Crippen molar-refractivity contribution in [1.29, 1.82) is 5.41 Å². The van der Waals surface area contributed by atoms with Crippen LogP contribution in [0.1, 0.15) is 30.5 Å². The normalized spacial score (nSPS) is 14.1. The van der Waals surface area contributed by atoms with E-state index in [0.29, 0.717) is 41.0 Å². The van der Waals surface area contributed by atoms with Crippen LogP contribution in [0.25, 0.3) is 27.7 Å². The van der Waals surface area contributed by atoms with Gasteiger partial charge >= 0.3 is 0 Å². The first-order chi connectivity index (χ1) is 16.3. The minimum absolute atomic E-state index is 0.0295. The first-order valence-electron chi connectivity index (χ1n) is 11.1. The molecule has 1 aromatic heterocycles. The molecule has 172 valence electrons. The summed E-state index contributed by atoms with van der Waals surface area (Å²) in [7, 11) is 0. The van der Waals surface area contributed by atoms with E-state index in [1.165, 1.54) is 16.8 Å². The molecule has 0 saturated carbocycles. The van der Waals surface area contributed by atoms with Crippen LogP contribution >= 0.6 is 0 Å². The second kappa shape index (κ2) is 8.37. The molecule has 5 rings (SSSR count). The van der Waals surface area contributed by atoms with E-state index in [9.17, 15) is 4.79 Å². The third-order valence-corrected chi connectivity index (χ3v) is 6.25. The summed E-state index contributed by atoms with van der Waals surface area (Å²) in [5.74, 6) is -1.34. The zero-order valence-electron chi connectivity index (χ0n) is 18.6. The van der Waals surface area contributed by atoms with E-state index in [1.807, 2.05) is 0 Å². The maximum Gasteiger partial charge on any atom is 0.226 e. The fourth-order valence-corrected chi connectivity index (χ4v) is 4.49. The number of nitrogen functional groups attached to an aromatic ring is 1. The van der Waals surface area contributed by atoms with Crippen molar-refractivity contribution in [3.63, 3.8) is 0 Å². The Morgan fingerprint density at radius 2 is 1.82 bits per heavy atom. The van der Waals surface area contributed by atoms with Crippen molar-refractivity contribution in [3.05, 3.63) is 77.5 Å². The molecule has 0 aliphatic carbocycles. The number of benzene rings is 3. The summed E-state index contributed by atoms with van der Waals surface area (Å²) in [6.07, 6.45) is 2.15. The van der Waals surface area contributed by atoms with Crippen LogP contribution in [0, 0.1) is 24.0 Å². The summed E-state index contributed by atoms with van der Waals surface area (Å²) in [6.45, 7) is 2.33. The lowest BCUT2D eigenvalue weighted by Gasteiger charge is -2.27. The van der Waals surface area contributed by atoms with Crippen molar-refractivity contribution in [3.8, 4) is 16.8 Å². The van der Waals surface area contributed by atoms with Crippen LogP contribution in [0.2, 0.25) is 0 Å². The largest absolute Gasteiger partial charge is 0.384 e. The minimum Gasteiger partial charge on any atom is -0.384 e. The summed E-state index contributed by atoms with van der Waals surface area (Å²) in [6, 6.07) is 14.6. The Bertz CT molecular complexity index is 1460. The number of anilines is 1. The number of nitrogens with zero attached hydrogens (tertiary/aromatic N) is 3. The topological polar surface area (TPSA) is 88.0 Å². The lowest BCUT2D eigenvalue weighted by atomic mass is 10.0. The van der Waals surface area contributed by atoms with Gasteiger partial charge in [-0.15, -0.1) is 0 Å². The Balaban J connectivity index is 1.63. The number of fused-ring (bicyclic) bond motifs is 1. The molecule has 1 aliphatic rings. The third kappa shape index (κ3) is 3.61. The van der Waals surface area contributed by atoms with Crippen LogP contribution < -0.4 is 10.6 Å². The molecular weight excluding hydrogens is 436 g/mol. The number of carbonyl (C=O) groups is 1. The standard InChI is InChI=1S/C26H23F2N5O/c1-15-19-10-11-21(20-9-8-17(14-22(20)27)32-12-3-2-7-23(32)34)24(28)25(19)33(31-15)18-6-4-5-16(13-18)26(29)30/h4-6,8-11,13-14H,2-3,7,12H2,1H3,(H3,29,30). The number of aryl methyl sites for hydroxylation is 1. The van der Waals surface area contributed by atoms with Crippen LogP contribution in [0.4, 0.5) is 14.5 Å². The van der Waals surface area contributed by atoms with E-state index in [-0.39, 0.29) is 28.4 Å². The first-order valence-corrected chi connectivity index (χ1v) is 11.1. The van der Waals surface area contributed by atoms with Gasteiger partial charge in [-0.2, -0.15) is 5.10 Å². The monoisotopic (exact) mass is 459 g/mol. The van der Waals surface area contributed by atoms with E-state index in [0.717, 1.165) is 12.8 Å². The van der Waals surface area contributed by atoms with Crippen molar-refractivity contribution in [1.82, 2.24) is 9.78 Å². The van der Waals surface area contributed by atoms with Crippen molar-refractivity contribution in [2.24, 2.45) is 5.73 Å². The molecule has 0 bridgehead atoms. The van der Waals surface area contributed by atoms with Crippen molar-refractivity contribution >= 4 is 28.3 Å². The number of piperidine rings is 1. The molecule has 0 unspecified atom stereocenters. The lowest BCUT2D eigenvalue weighted by Crippen LogP contribution is -2.35. The second-order valence-corrected chi connectivity index (χ2v) is 8.45. The van der Waals surface area contributed by atoms with Gasteiger partial charge in [0.2, 0.25) is 5.91 Å². The maximum absolute atomic E-state index is 15.9. The van der Waals surface area contributed by atoms with Gasteiger partial charge in [0.15, 0.2) is 5.82 Å². The SMILES string of the molecule is Cc1nn(-c2cccc(C(=N)N)c2)c2c(F)c(-c3ccc(N4CCCCC4=O)cc3F)ccc12. The number of rotatable bonds is 4. The molecule has 8 heteroatoms. The van der Waals surface area contributed by atoms with Crippen molar-refractivity contribution in [2.45, 2.75) is 26.2 Å². The van der Waals surface area contributed by atoms with E-state index >= 15 is 8.78 Å². The molecule has 4 aromatic rings. The van der Waals surface area contributed by atoms with Gasteiger partial charge in [0.1, 0.15) is 17.2 Å². The molecule has 3 N–H and O–H groups in total. The van der Waals surface area contributed by atoms with Gasteiger partial charge in [-0.1, -0.05) is 24.3 Å². The predicted octanol–water partition coefficient (Wildman–Crippen LogP) is 5.08. The average molecular weight is 460 g/mol. The van der Waals surface area contributed by atoms with Crippen LogP contribution in [-0.2, 0) is 4.79 Å². The van der Waals surface area contributed by atoms with Crippen LogP contribution in [0.5, 0.6) is 0 Å². The summed E-state index contributed by atoms with van der Waals surface area (Å²) in [4.78, 5) is 13.8. The number of halogens is 2. The summed E-state index contributed by atoms with van der Waals surface area (Å²) in [5.41, 5.74) is 8.17. The second-order valence-electron chi connectivity index (χ2n) is 8.45. The van der Waals surface area contributed by atoms with Gasteiger partial charge in [-0.3, -0.25) is 10.2 Å². The van der Waals surface area contributed by atoms with E-state index in [4.69, 9.17) is 11.1 Å². The molecular formula is C26H23F2N5O. The van der Waals surface area contributed by atoms with Crippen molar-refractivity contribution in [2.75, 3.05) is 11.4 Å². The first kappa shape index (κ1) is 21.8. The number of amidine groups is 1. The van der Waals surface area contributed by atoms with Gasteiger partial charge in [-0.25, -0.2) is 13.5 Å². The lowest BCUT2D eigenvalue weighted by molar-refractivity contribution is -0.119. The smallest absolute Gasteiger partial charge is 0.226 e. The molecule has 6 nitrogen and oxygen atoms in total. The number of nitrogens with one attached hydrogen (secondary N) is 1. The van der Waals surface area contributed by atoms with Gasteiger partial charge in [0, 0.05) is 40.7 Å². The van der Waals surface area contributed by atoms with Crippen LogP contribution in [0.3, 0.4) is 0 Å². The number of carbonyl (C=O) groups excluding carboxylic acids is 1. The van der Waals surface area contributed by atoms with Crippen molar-refractivity contribution < 1.29 is 13.6 Å². The average Bonchev–Trinajstić information content (AvgIpc) is 3.17. The van der Waals surface area contributed by atoms with E-state index in [1.54, 1.807) is 54.3 Å². The Hall–Kier alpha value is -4.07. The minimum atomic E-state index is -0.605. The molecule has 1 amide bonds. The molecule has 0 spiro atoms. The molecule has 34 heavy (non-hydrogen) atoms. The summed E-state index contributed by atoms with van der Waals surface area (Å²) in [5, 5.41) is 12.8. The number of hydrogen-bond donors (Lipinski definition) is 2. The zero-order chi connectivity index (χ0) is 24.0. The predicted molar refractivity (Wildman–Crippen MR) is 128 cm³/mol. The highest BCUT2D eigenvalue weighted by Crippen LogP contribution is 2.35. The third-order valence-electron chi connectivity index (χ3n) is 6.25. The van der Waals surface area contributed by atoms with Crippen LogP contribution in [-0.4, -0.2) is 28.1 Å². The highest BCUT2D eigenvalue weighted by molar-refractivity contribution is 5.96.